The smallest absolute Gasteiger partial charge is 0.316 e. The minimum Gasteiger partial charge on any atom is -0.394 e. The summed E-state index contributed by atoms with van der Waals surface area (Å²) in [6.07, 6.45) is -6.06. The molecule has 1 aliphatic heterocycles. The van der Waals surface area contributed by atoms with Gasteiger partial charge in [-0.1, -0.05) is 0 Å². The molecule has 1 heterocycles. The number of rotatable bonds is 6. The largest absolute Gasteiger partial charge is 0.394 e. The third kappa shape index (κ3) is 5.87. The van der Waals surface area contributed by atoms with Crippen molar-refractivity contribution in [1.29, 1.82) is 0 Å². The fraction of sp³-hybridized carbons (Fsp3) is 0.900. The molecule has 130 valence electrons. The van der Waals surface area contributed by atoms with E-state index < -0.39 is 52.2 Å². The average Bonchev–Trinajstić information content (AvgIpc) is 2.43. The van der Waals surface area contributed by atoms with E-state index in [1.807, 2.05) is 0 Å². The second kappa shape index (κ2) is 8.29. The molecular formula is C10H20N2O8S2. The van der Waals surface area contributed by atoms with E-state index in [9.17, 15) is 28.5 Å². The zero-order chi connectivity index (χ0) is 16.9. The standard InChI is InChI=1S/C10H20N2O8S2/c1-22(18,19)21-3-2-11-10(17)12-9-8(16)7(15)6(14)5(4-13)20-9/h5-9,13-16H,2-4H2,1H3,(H2,11,12,17)/t5-,6-,7-,8+,9+/m0/s1. The van der Waals surface area contributed by atoms with Gasteiger partial charge in [0.15, 0.2) is 15.1 Å². The van der Waals surface area contributed by atoms with Gasteiger partial charge >= 0.3 is 6.03 Å². The third-order valence-corrected chi connectivity index (χ3v) is 5.43. The molecule has 1 fully saturated rings. The SMILES string of the molecule is CS(=O)(=O)SCCNC(=O)N[C@@H]1O[C@@H](CO)[C@H](O)[C@H](O)[C@H]1O. The molecule has 2 amide bonds. The fourth-order valence-corrected chi connectivity index (χ4v) is 3.41. The van der Waals surface area contributed by atoms with Gasteiger partial charge in [0, 0.05) is 18.6 Å². The summed E-state index contributed by atoms with van der Waals surface area (Å²) in [5, 5.41) is 42.4. The number of hydrogen-bond acceptors (Lipinski definition) is 9. The maximum Gasteiger partial charge on any atom is 0.316 e. The molecule has 1 rings (SSSR count). The first-order chi connectivity index (χ1) is 10.2. The van der Waals surface area contributed by atoms with Crippen molar-refractivity contribution in [1.82, 2.24) is 10.6 Å². The van der Waals surface area contributed by atoms with Crippen molar-refractivity contribution in [2.24, 2.45) is 0 Å². The van der Waals surface area contributed by atoms with Crippen molar-refractivity contribution >= 4 is 25.7 Å². The molecule has 5 atom stereocenters. The number of urea groups is 1. The summed E-state index contributed by atoms with van der Waals surface area (Å²) >= 11 is 0. The molecular weight excluding hydrogens is 340 g/mol. The Hall–Kier alpha value is -0.630. The quantitative estimate of drug-likeness (QED) is 0.211. The van der Waals surface area contributed by atoms with E-state index in [0.29, 0.717) is 10.8 Å². The van der Waals surface area contributed by atoms with Crippen molar-refractivity contribution in [3.8, 4) is 0 Å². The molecule has 1 aliphatic rings. The summed E-state index contributed by atoms with van der Waals surface area (Å²) in [4.78, 5) is 11.6. The van der Waals surface area contributed by atoms with Crippen LogP contribution in [0.3, 0.4) is 0 Å². The summed E-state index contributed by atoms with van der Waals surface area (Å²) in [5.41, 5.74) is 0. The summed E-state index contributed by atoms with van der Waals surface area (Å²) in [5.74, 6) is 0.140. The van der Waals surface area contributed by atoms with Gasteiger partial charge in [0.25, 0.3) is 0 Å². The molecule has 0 saturated carbocycles. The second-order valence-corrected chi connectivity index (χ2v) is 9.25. The van der Waals surface area contributed by atoms with Crippen LogP contribution >= 0.6 is 10.8 Å². The molecule has 12 heteroatoms. The lowest BCUT2D eigenvalue weighted by molar-refractivity contribution is -0.233. The van der Waals surface area contributed by atoms with Crippen LogP contribution in [0.5, 0.6) is 0 Å². The van der Waals surface area contributed by atoms with Gasteiger partial charge in [0.05, 0.1) is 6.61 Å². The number of amides is 2. The van der Waals surface area contributed by atoms with Gasteiger partial charge in [-0.05, 0) is 10.8 Å². The minimum atomic E-state index is -3.19. The van der Waals surface area contributed by atoms with Crippen LogP contribution in [0, 0.1) is 0 Å². The number of hydrogen-bond donors (Lipinski definition) is 6. The number of carbonyl (C=O) groups is 1. The molecule has 0 radical (unpaired) electrons. The average molecular weight is 360 g/mol. The molecule has 0 spiro atoms. The number of carbonyl (C=O) groups excluding carboxylic acids is 1. The lowest BCUT2D eigenvalue weighted by Crippen LogP contribution is -2.64. The zero-order valence-corrected chi connectivity index (χ0v) is 13.4. The van der Waals surface area contributed by atoms with E-state index in [-0.39, 0.29) is 12.3 Å². The first-order valence-corrected chi connectivity index (χ1v) is 9.74. The Morgan fingerprint density at radius 2 is 1.86 bits per heavy atom. The van der Waals surface area contributed by atoms with Crippen molar-refractivity contribution in [3.63, 3.8) is 0 Å². The van der Waals surface area contributed by atoms with Crippen LogP contribution < -0.4 is 10.6 Å². The maximum atomic E-state index is 11.6. The van der Waals surface area contributed by atoms with Crippen LogP contribution in [0.4, 0.5) is 4.79 Å². The van der Waals surface area contributed by atoms with Gasteiger partial charge in [-0.15, -0.1) is 0 Å². The lowest BCUT2D eigenvalue weighted by Gasteiger charge is -2.40. The molecule has 0 unspecified atom stereocenters. The Balaban J connectivity index is 2.42. The zero-order valence-electron chi connectivity index (χ0n) is 11.7. The normalized spacial score (nSPS) is 32.5. The summed E-state index contributed by atoms with van der Waals surface area (Å²) in [6.45, 7) is -0.545. The van der Waals surface area contributed by atoms with Crippen molar-refractivity contribution in [2.45, 2.75) is 30.6 Å². The molecule has 0 aromatic rings. The predicted molar refractivity (Wildman–Crippen MR) is 77.6 cm³/mol. The first-order valence-electron chi connectivity index (χ1n) is 6.35. The molecule has 1 saturated heterocycles. The van der Waals surface area contributed by atoms with Crippen LogP contribution in [-0.4, -0.2) is 90.7 Å². The summed E-state index contributed by atoms with van der Waals surface area (Å²) in [6, 6.07) is -0.751. The van der Waals surface area contributed by atoms with Crippen LogP contribution in [0.25, 0.3) is 0 Å². The monoisotopic (exact) mass is 360 g/mol. The summed E-state index contributed by atoms with van der Waals surface area (Å²) < 4.78 is 26.8. The molecule has 22 heavy (non-hydrogen) atoms. The number of ether oxygens (including phenoxy) is 1. The molecule has 0 bridgehead atoms. The van der Waals surface area contributed by atoms with Crippen LogP contribution in [0.2, 0.25) is 0 Å². The van der Waals surface area contributed by atoms with Gasteiger partial charge in [-0.2, -0.15) is 0 Å². The van der Waals surface area contributed by atoms with Crippen molar-refractivity contribution in [2.75, 3.05) is 25.2 Å². The number of aliphatic hydroxyl groups is 4. The van der Waals surface area contributed by atoms with E-state index in [1.54, 1.807) is 0 Å². The highest BCUT2D eigenvalue weighted by Gasteiger charge is 2.43. The molecule has 0 aliphatic carbocycles. The first kappa shape index (κ1) is 19.4. The second-order valence-electron chi connectivity index (χ2n) is 4.68. The van der Waals surface area contributed by atoms with Gasteiger partial charge < -0.3 is 35.8 Å². The van der Waals surface area contributed by atoms with Crippen molar-refractivity contribution < 1.29 is 38.4 Å². The van der Waals surface area contributed by atoms with Gasteiger partial charge in [0.1, 0.15) is 24.4 Å². The van der Waals surface area contributed by atoms with Crippen LogP contribution in [0.15, 0.2) is 0 Å². The van der Waals surface area contributed by atoms with Gasteiger partial charge in [0.2, 0.25) is 0 Å². The third-order valence-electron chi connectivity index (χ3n) is 2.85. The Morgan fingerprint density at radius 1 is 1.23 bits per heavy atom. The van der Waals surface area contributed by atoms with Gasteiger partial charge in [-0.3, -0.25) is 0 Å². The molecule has 0 aromatic heterocycles. The van der Waals surface area contributed by atoms with E-state index in [2.05, 4.69) is 10.6 Å². The summed E-state index contributed by atoms with van der Waals surface area (Å²) in [7, 11) is -2.52. The Labute approximate surface area is 131 Å². The van der Waals surface area contributed by atoms with E-state index in [1.165, 1.54) is 0 Å². The lowest BCUT2D eigenvalue weighted by atomic mass is 9.98. The highest BCUT2D eigenvalue weighted by atomic mass is 33.1. The van der Waals surface area contributed by atoms with Crippen molar-refractivity contribution in [3.05, 3.63) is 0 Å². The topological polar surface area (TPSA) is 165 Å². The highest BCUT2D eigenvalue weighted by Crippen LogP contribution is 2.19. The highest BCUT2D eigenvalue weighted by molar-refractivity contribution is 8.71. The predicted octanol–water partition coefficient (Wildman–Crippen LogP) is -3.22. The Kier molecular flexibility index (Phi) is 7.31. The molecule has 6 N–H and O–H groups in total. The van der Waals surface area contributed by atoms with Gasteiger partial charge in [-0.25, -0.2) is 13.2 Å². The van der Waals surface area contributed by atoms with E-state index in [0.717, 1.165) is 6.26 Å². The van der Waals surface area contributed by atoms with E-state index in [4.69, 9.17) is 9.84 Å². The molecule has 0 aromatic carbocycles. The maximum absolute atomic E-state index is 11.6. The minimum absolute atomic E-state index is 0.0565. The van der Waals surface area contributed by atoms with Crippen LogP contribution in [-0.2, 0) is 13.6 Å². The number of aliphatic hydroxyl groups excluding tert-OH is 4. The number of nitrogens with one attached hydrogen (secondary N) is 2. The van der Waals surface area contributed by atoms with E-state index >= 15 is 0 Å². The fourth-order valence-electron chi connectivity index (χ4n) is 1.76. The Morgan fingerprint density at radius 3 is 2.41 bits per heavy atom. The molecule has 10 nitrogen and oxygen atoms in total. The Bertz CT molecular complexity index is 472. The van der Waals surface area contributed by atoms with Crippen LogP contribution in [0.1, 0.15) is 0 Å².